The van der Waals surface area contributed by atoms with Crippen LogP contribution in [0.1, 0.15) is 6.92 Å². The van der Waals surface area contributed by atoms with Gasteiger partial charge in [0.15, 0.2) is 0 Å². The number of halogens is 2. The number of benzene rings is 3. The van der Waals surface area contributed by atoms with Crippen LogP contribution in [0.2, 0.25) is 0 Å². The van der Waals surface area contributed by atoms with Gasteiger partial charge in [-0.2, -0.15) is 5.10 Å². The topological polar surface area (TPSA) is 94.7 Å². The SMILES string of the molecule is CCS(=O)(=O)Nc1cc(-c2ccc(F)cc2F)cc(-n2cnc3cc(-n4cncn4)ccc32)c1. The molecular formula is C23H18F2N6O2S. The molecule has 5 aromatic rings. The van der Waals surface area contributed by atoms with E-state index in [1.165, 1.54) is 25.4 Å². The maximum Gasteiger partial charge on any atom is 0.232 e. The van der Waals surface area contributed by atoms with Gasteiger partial charge in [-0.05, 0) is 61.0 Å². The van der Waals surface area contributed by atoms with E-state index >= 15 is 0 Å². The van der Waals surface area contributed by atoms with Crippen molar-refractivity contribution in [3.05, 3.63) is 85.2 Å². The largest absolute Gasteiger partial charge is 0.299 e. The lowest BCUT2D eigenvalue weighted by Crippen LogP contribution is -2.15. The number of hydrogen-bond donors (Lipinski definition) is 1. The number of aromatic nitrogens is 5. The van der Waals surface area contributed by atoms with Gasteiger partial charge in [-0.3, -0.25) is 9.29 Å². The Balaban J connectivity index is 1.66. The van der Waals surface area contributed by atoms with Crippen molar-refractivity contribution in [2.24, 2.45) is 0 Å². The Bertz CT molecular complexity index is 1610. The van der Waals surface area contributed by atoms with Crippen LogP contribution in [-0.4, -0.2) is 38.5 Å². The van der Waals surface area contributed by atoms with Crippen LogP contribution in [0, 0.1) is 11.6 Å². The summed E-state index contributed by atoms with van der Waals surface area (Å²) in [4.78, 5) is 8.40. The van der Waals surface area contributed by atoms with Crippen LogP contribution in [0.15, 0.2) is 73.6 Å². The number of nitrogens with one attached hydrogen (secondary N) is 1. The van der Waals surface area contributed by atoms with Crippen molar-refractivity contribution >= 4 is 26.7 Å². The summed E-state index contributed by atoms with van der Waals surface area (Å²) in [5.74, 6) is -1.58. The molecule has 0 unspecified atom stereocenters. The highest BCUT2D eigenvalue weighted by molar-refractivity contribution is 7.92. The zero-order chi connectivity index (χ0) is 23.9. The van der Waals surface area contributed by atoms with Crippen molar-refractivity contribution in [2.45, 2.75) is 6.92 Å². The van der Waals surface area contributed by atoms with Gasteiger partial charge in [0.2, 0.25) is 10.0 Å². The molecule has 0 aliphatic heterocycles. The third kappa shape index (κ3) is 4.13. The molecule has 2 heterocycles. The fourth-order valence-corrected chi connectivity index (χ4v) is 4.25. The predicted octanol–water partition coefficient (Wildman–Crippen LogP) is 4.31. The number of nitrogens with zero attached hydrogens (tertiary/aromatic N) is 5. The molecule has 0 saturated heterocycles. The van der Waals surface area contributed by atoms with Gasteiger partial charge >= 0.3 is 0 Å². The molecular weight excluding hydrogens is 462 g/mol. The standard InChI is InChI=1S/C23H18F2N6O2S/c1-2-34(32,33)29-17-7-15(20-5-3-16(24)9-21(20)25)8-19(10-17)30-14-27-22-11-18(4-6-23(22)30)31-13-26-12-28-31/h3-14,29H,2H2,1H3. The van der Waals surface area contributed by atoms with E-state index in [1.54, 1.807) is 34.0 Å². The molecule has 0 amide bonds. The fourth-order valence-electron chi connectivity index (χ4n) is 3.63. The number of anilines is 1. The number of rotatable bonds is 6. The lowest BCUT2D eigenvalue weighted by atomic mass is 10.0. The summed E-state index contributed by atoms with van der Waals surface area (Å²) in [5, 5.41) is 4.12. The van der Waals surface area contributed by atoms with E-state index in [9.17, 15) is 17.2 Å². The maximum atomic E-state index is 14.6. The van der Waals surface area contributed by atoms with E-state index in [-0.39, 0.29) is 17.0 Å². The van der Waals surface area contributed by atoms with E-state index in [1.807, 2.05) is 18.2 Å². The van der Waals surface area contributed by atoms with Crippen LogP contribution in [0.5, 0.6) is 0 Å². The number of sulfonamides is 1. The van der Waals surface area contributed by atoms with Crippen molar-refractivity contribution in [1.29, 1.82) is 0 Å². The molecule has 0 spiro atoms. The van der Waals surface area contributed by atoms with Gasteiger partial charge in [0.25, 0.3) is 0 Å². The van der Waals surface area contributed by atoms with Gasteiger partial charge in [0.05, 0.1) is 28.2 Å². The van der Waals surface area contributed by atoms with Gasteiger partial charge in [-0.1, -0.05) is 0 Å². The highest BCUT2D eigenvalue weighted by Gasteiger charge is 2.15. The van der Waals surface area contributed by atoms with Crippen molar-refractivity contribution < 1.29 is 17.2 Å². The van der Waals surface area contributed by atoms with Gasteiger partial charge in [0.1, 0.15) is 30.6 Å². The first-order chi connectivity index (χ1) is 16.3. The first kappa shape index (κ1) is 21.7. The van der Waals surface area contributed by atoms with E-state index in [0.29, 0.717) is 16.8 Å². The fraction of sp³-hybridized carbons (Fsp3) is 0.0870. The zero-order valence-corrected chi connectivity index (χ0v) is 18.7. The number of fused-ring (bicyclic) bond motifs is 1. The van der Waals surface area contributed by atoms with Crippen LogP contribution >= 0.6 is 0 Å². The van der Waals surface area contributed by atoms with Gasteiger partial charge in [0, 0.05) is 17.3 Å². The molecule has 1 N–H and O–H groups in total. The Labute approximate surface area is 193 Å². The summed E-state index contributed by atoms with van der Waals surface area (Å²) in [5.41, 5.74) is 3.49. The lowest BCUT2D eigenvalue weighted by molar-refractivity contribution is 0.585. The molecule has 0 atom stereocenters. The maximum absolute atomic E-state index is 14.6. The van der Waals surface area contributed by atoms with Crippen LogP contribution in [0.3, 0.4) is 0 Å². The average Bonchev–Trinajstić information content (AvgIpc) is 3.48. The highest BCUT2D eigenvalue weighted by atomic mass is 32.2. The minimum atomic E-state index is -3.59. The predicted molar refractivity (Wildman–Crippen MR) is 124 cm³/mol. The van der Waals surface area contributed by atoms with E-state index in [2.05, 4.69) is 19.8 Å². The third-order valence-electron chi connectivity index (χ3n) is 5.31. The third-order valence-corrected chi connectivity index (χ3v) is 6.61. The minimum absolute atomic E-state index is 0.128. The minimum Gasteiger partial charge on any atom is -0.299 e. The molecule has 2 aromatic heterocycles. The van der Waals surface area contributed by atoms with Crippen LogP contribution < -0.4 is 4.72 Å². The Morgan fingerprint density at radius 1 is 0.971 bits per heavy atom. The number of hydrogen-bond acceptors (Lipinski definition) is 5. The Kier molecular flexibility index (Phi) is 5.33. The Hall–Kier alpha value is -4.12. The van der Waals surface area contributed by atoms with Gasteiger partial charge < -0.3 is 0 Å². The second kappa shape index (κ2) is 8.34. The highest BCUT2D eigenvalue weighted by Crippen LogP contribution is 2.31. The quantitative estimate of drug-likeness (QED) is 0.391. The second-order valence-electron chi connectivity index (χ2n) is 7.53. The van der Waals surface area contributed by atoms with Crippen LogP contribution in [-0.2, 0) is 10.0 Å². The monoisotopic (exact) mass is 480 g/mol. The molecule has 172 valence electrons. The molecule has 0 aliphatic carbocycles. The molecule has 8 nitrogen and oxygen atoms in total. The lowest BCUT2D eigenvalue weighted by Gasteiger charge is -2.14. The van der Waals surface area contributed by atoms with Gasteiger partial charge in [-0.25, -0.2) is 31.8 Å². The summed E-state index contributed by atoms with van der Waals surface area (Å²) in [6, 6.07) is 13.6. The first-order valence-corrected chi connectivity index (χ1v) is 11.9. The molecule has 0 fully saturated rings. The summed E-state index contributed by atoms with van der Waals surface area (Å²) in [6.07, 6.45) is 4.60. The van der Waals surface area contributed by atoms with E-state index in [0.717, 1.165) is 23.3 Å². The summed E-state index contributed by atoms with van der Waals surface area (Å²) in [7, 11) is -3.59. The summed E-state index contributed by atoms with van der Waals surface area (Å²) < 4.78 is 58.4. The van der Waals surface area contributed by atoms with Crippen molar-refractivity contribution in [1.82, 2.24) is 24.3 Å². The van der Waals surface area contributed by atoms with Crippen LogP contribution in [0.4, 0.5) is 14.5 Å². The molecule has 0 radical (unpaired) electrons. The summed E-state index contributed by atoms with van der Waals surface area (Å²) in [6.45, 7) is 1.52. The second-order valence-corrected chi connectivity index (χ2v) is 9.54. The smallest absolute Gasteiger partial charge is 0.232 e. The molecule has 0 aliphatic rings. The van der Waals surface area contributed by atoms with Gasteiger partial charge in [-0.15, -0.1) is 0 Å². The van der Waals surface area contributed by atoms with Crippen molar-refractivity contribution in [3.63, 3.8) is 0 Å². The average molecular weight is 481 g/mol. The Morgan fingerprint density at radius 3 is 2.56 bits per heavy atom. The molecule has 5 rings (SSSR count). The molecule has 0 bridgehead atoms. The van der Waals surface area contributed by atoms with E-state index < -0.39 is 21.7 Å². The molecule has 0 saturated carbocycles. The van der Waals surface area contributed by atoms with Crippen LogP contribution in [0.25, 0.3) is 33.5 Å². The van der Waals surface area contributed by atoms with Crippen molar-refractivity contribution in [3.8, 4) is 22.5 Å². The molecule has 11 heteroatoms. The molecule has 3 aromatic carbocycles. The van der Waals surface area contributed by atoms with E-state index in [4.69, 9.17) is 0 Å². The number of imidazole rings is 1. The normalized spacial score (nSPS) is 11.7. The van der Waals surface area contributed by atoms with Crippen molar-refractivity contribution in [2.75, 3.05) is 10.5 Å². The Morgan fingerprint density at radius 2 is 1.82 bits per heavy atom. The zero-order valence-electron chi connectivity index (χ0n) is 17.9. The summed E-state index contributed by atoms with van der Waals surface area (Å²) >= 11 is 0. The first-order valence-electron chi connectivity index (χ1n) is 10.3. The molecule has 34 heavy (non-hydrogen) atoms.